The van der Waals surface area contributed by atoms with Crippen LogP contribution in [0.4, 0.5) is 11.6 Å². The second kappa shape index (κ2) is 9.05. The highest BCUT2D eigenvalue weighted by molar-refractivity contribution is 6.32. The van der Waals surface area contributed by atoms with Crippen molar-refractivity contribution in [2.75, 3.05) is 45.1 Å². The lowest BCUT2D eigenvalue weighted by atomic mass is 10.2. The number of benzene rings is 1. The van der Waals surface area contributed by atoms with E-state index in [4.69, 9.17) is 25.8 Å². The van der Waals surface area contributed by atoms with E-state index in [1.807, 2.05) is 0 Å². The standard InChI is InChI=1S/C16H19ClN4O4/c1-23-7-6-19-16-18-5-4-11(21-16)15(22)20-12-9-13(24-2)10(17)8-14(12)25-3/h4-5,8-9H,6-7H2,1-3H3,(H,20,22)(H,18,19,21). The largest absolute Gasteiger partial charge is 0.495 e. The van der Waals surface area contributed by atoms with E-state index in [-0.39, 0.29) is 5.69 Å². The van der Waals surface area contributed by atoms with Crippen molar-refractivity contribution in [3.05, 3.63) is 35.1 Å². The Kier molecular flexibility index (Phi) is 6.79. The first-order chi connectivity index (χ1) is 12.1. The molecule has 9 heteroatoms. The number of carbonyl (C=O) groups is 1. The van der Waals surface area contributed by atoms with Gasteiger partial charge in [0.1, 0.15) is 17.2 Å². The molecule has 0 bridgehead atoms. The molecule has 1 amide bonds. The Balaban J connectivity index is 2.18. The zero-order valence-corrected chi connectivity index (χ0v) is 14.9. The number of methoxy groups -OCH3 is 3. The van der Waals surface area contributed by atoms with Crippen LogP contribution in [-0.4, -0.2) is 50.4 Å². The summed E-state index contributed by atoms with van der Waals surface area (Å²) in [7, 11) is 4.57. The maximum absolute atomic E-state index is 12.5. The highest BCUT2D eigenvalue weighted by atomic mass is 35.5. The monoisotopic (exact) mass is 366 g/mol. The maximum atomic E-state index is 12.5. The average Bonchev–Trinajstić information content (AvgIpc) is 2.63. The summed E-state index contributed by atoms with van der Waals surface area (Å²) in [4.78, 5) is 20.7. The molecule has 25 heavy (non-hydrogen) atoms. The van der Waals surface area contributed by atoms with Crippen LogP contribution in [0.15, 0.2) is 24.4 Å². The molecular weight excluding hydrogens is 348 g/mol. The molecule has 0 aliphatic rings. The Morgan fingerprint density at radius 2 is 1.96 bits per heavy atom. The summed E-state index contributed by atoms with van der Waals surface area (Å²) in [5, 5.41) is 6.07. The maximum Gasteiger partial charge on any atom is 0.274 e. The molecule has 134 valence electrons. The van der Waals surface area contributed by atoms with Crippen LogP contribution in [-0.2, 0) is 4.74 Å². The molecule has 2 aromatic rings. The second-order valence-electron chi connectivity index (χ2n) is 4.83. The molecule has 1 heterocycles. The molecule has 0 unspecified atom stereocenters. The Morgan fingerprint density at radius 1 is 1.20 bits per heavy atom. The zero-order chi connectivity index (χ0) is 18.2. The Bertz CT molecular complexity index is 742. The summed E-state index contributed by atoms with van der Waals surface area (Å²) < 4.78 is 15.3. The van der Waals surface area contributed by atoms with E-state index < -0.39 is 5.91 Å². The quantitative estimate of drug-likeness (QED) is 0.693. The highest BCUT2D eigenvalue weighted by Crippen LogP contribution is 2.36. The van der Waals surface area contributed by atoms with Crippen molar-refractivity contribution in [2.45, 2.75) is 0 Å². The number of hydrogen-bond donors (Lipinski definition) is 2. The Morgan fingerprint density at radius 3 is 2.64 bits per heavy atom. The normalized spacial score (nSPS) is 10.2. The first-order valence-electron chi connectivity index (χ1n) is 7.37. The van der Waals surface area contributed by atoms with Gasteiger partial charge in [-0.25, -0.2) is 9.97 Å². The van der Waals surface area contributed by atoms with Crippen LogP contribution in [0.1, 0.15) is 10.5 Å². The third kappa shape index (κ3) is 4.94. The molecule has 1 aromatic heterocycles. The number of ether oxygens (including phenoxy) is 3. The first kappa shape index (κ1) is 18.8. The van der Waals surface area contributed by atoms with E-state index in [0.29, 0.717) is 41.3 Å². The van der Waals surface area contributed by atoms with E-state index in [9.17, 15) is 4.79 Å². The molecule has 2 rings (SSSR count). The van der Waals surface area contributed by atoms with Gasteiger partial charge in [0.25, 0.3) is 5.91 Å². The predicted molar refractivity (Wildman–Crippen MR) is 94.9 cm³/mol. The van der Waals surface area contributed by atoms with Crippen molar-refractivity contribution >= 4 is 29.1 Å². The van der Waals surface area contributed by atoms with Crippen LogP contribution in [0.25, 0.3) is 0 Å². The average molecular weight is 367 g/mol. The van der Waals surface area contributed by atoms with Gasteiger partial charge in [0.05, 0.1) is 31.5 Å². The van der Waals surface area contributed by atoms with Gasteiger partial charge in [0.15, 0.2) is 0 Å². The fourth-order valence-electron chi connectivity index (χ4n) is 1.98. The summed E-state index contributed by atoms with van der Waals surface area (Å²) in [6.45, 7) is 1.03. The lowest BCUT2D eigenvalue weighted by Gasteiger charge is -2.13. The van der Waals surface area contributed by atoms with Crippen LogP contribution >= 0.6 is 11.6 Å². The number of hydrogen-bond acceptors (Lipinski definition) is 7. The lowest BCUT2D eigenvalue weighted by Crippen LogP contribution is -2.17. The van der Waals surface area contributed by atoms with Crippen molar-refractivity contribution in [3.63, 3.8) is 0 Å². The molecule has 0 saturated carbocycles. The van der Waals surface area contributed by atoms with Crippen molar-refractivity contribution in [3.8, 4) is 11.5 Å². The van der Waals surface area contributed by atoms with E-state index in [1.165, 1.54) is 26.5 Å². The summed E-state index contributed by atoms with van der Waals surface area (Å²) in [5.41, 5.74) is 0.618. The molecule has 1 aromatic carbocycles. The molecule has 8 nitrogen and oxygen atoms in total. The number of amides is 1. The van der Waals surface area contributed by atoms with Gasteiger partial charge >= 0.3 is 0 Å². The van der Waals surface area contributed by atoms with Crippen LogP contribution in [0.2, 0.25) is 5.02 Å². The van der Waals surface area contributed by atoms with Crippen molar-refractivity contribution < 1.29 is 19.0 Å². The molecule has 2 N–H and O–H groups in total. The number of aromatic nitrogens is 2. The van der Waals surface area contributed by atoms with Crippen LogP contribution < -0.4 is 20.1 Å². The first-order valence-corrected chi connectivity index (χ1v) is 7.75. The number of halogens is 1. The predicted octanol–water partition coefficient (Wildman–Crippen LogP) is 2.46. The van der Waals surface area contributed by atoms with E-state index in [1.54, 1.807) is 19.2 Å². The summed E-state index contributed by atoms with van der Waals surface area (Å²) in [6.07, 6.45) is 1.50. The van der Waals surface area contributed by atoms with E-state index >= 15 is 0 Å². The number of carbonyl (C=O) groups excluding carboxylic acids is 1. The molecule has 0 saturated heterocycles. The van der Waals surface area contributed by atoms with Crippen molar-refractivity contribution in [1.82, 2.24) is 9.97 Å². The van der Waals surface area contributed by atoms with Gasteiger partial charge in [-0.05, 0) is 6.07 Å². The van der Waals surface area contributed by atoms with E-state index in [0.717, 1.165) is 0 Å². The summed E-state index contributed by atoms with van der Waals surface area (Å²) >= 11 is 6.06. The van der Waals surface area contributed by atoms with E-state index in [2.05, 4.69) is 20.6 Å². The Labute approximate surface area is 150 Å². The smallest absolute Gasteiger partial charge is 0.274 e. The minimum atomic E-state index is -0.417. The van der Waals surface area contributed by atoms with Crippen LogP contribution in [0, 0.1) is 0 Å². The molecule has 0 fully saturated rings. The van der Waals surface area contributed by atoms with Crippen molar-refractivity contribution in [1.29, 1.82) is 0 Å². The van der Waals surface area contributed by atoms with Crippen molar-refractivity contribution in [2.24, 2.45) is 0 Å². The number of anilines is 2. The highest BCUT2D eigenvalue weighted by Gasteiger charge is 2.15. The number of nitrogens with zero attached hydrogens (tertiary/aromatic N) is 2. The van der Waals surface area contributed by atoms with Gasteiger partial charge < -0.3 is 24.8 Å². The topological polar surface area (TPSA) is 94.6 Å². The zero-order valence-electron chi connectivity index (χ0n) is 14.1. The van der Waals surface area contributed by atoms with Gasteiger partial charge in [-0.15, -0.1) is 0 Å². The lowest BCUT2D eigenvalue weighted by molar-refractivity contribution is 0.102. The minimum Gasteiger partial charge on any atom is -0.495 e. The van der Waals surface area contributed by atoms with Gasteiger partial charge in [-0.1, -0.05) is 11.6 Å². The molecule has 0 spiro atoms. The van der Waals surface area contributed by atoms with Gasteiger partial charge in [0, 0.05) is 32.0 Å². The second-order valence-corrected chi connectivity index (χ2v) is 5.23. The van der Waals surface area contributed by atoms with Gasteiger partial charge in [0.2, 0.25) is 5.95 Å². The fourth-order valence-corrected chi connectivity index (χ4v) is 2.21. The number of rotatable bonds is 8. The molecule has 0 aliphatic carbocycles. The minimum absolute atomic E-state index is 0.200. The summed E-state index contributed by atoms with van der Waals surface area (Å²) in [6, 6.07) is 4.65. The van der Waals surface area contributed by atoms with Gasteiger partial charge in [-0.3, -0.25) is 4.79 Å². The summed E-state index contributed by atoms with van der Waals surface area (Å²) in [5.74, 6) is 0.749. The third-order valence-corrected chi connectivity index (χ3v) is 3.50. The van der Waals surface area contributed by atoms with Crippen LogP contribution in [0.5, 0.6) is 11.5 Å². The Hall–Kier alpha value is -2.58. The fraction of sp³-hybridized carbons (Fsp3) is 0.312. The number of nitrogens with one attached hydrogen (secondary N) is 2. The molecule has 0 radical (unpaired) electrons. The SMILES string of the molecule is COCCNc1nccc(C(=O)Nc2cc(OC)c(Cl)cc2OC)n1. The molecular formula is C16H19ClN4O4. The third-order valence-electron chi connectivity index (χ3n) is 3.20. The van der Waals surface area contributed by atoms with Gasteiger partial charge in [-0.2, -0.15) is 0 Å². The molecule has 0 atom stereocenters. The van der Waals surface area contributed by atoms with Crippen LogP contribution in [0.3, 0.4) is 0 Å². The molecule has 0 aliphatic heterocycles.